The second-order valence-electron chi connectivity index (χ2n) is 14.5. The first kappa shape index (κ1) is 32.8. The third kappa shape index (κ3) is 5.43. The third-order valence-electron chi connectivity index (χ3n) is 11.2. The molecule has 0 bridgehead atoms. The van der Waals surface area contributed by atoms with Gasteiger partial charge in [-0.3, -0.25) is 0 Å². The summed E-state index contributed by atoms with van der Waals surface area (Å²) >= 11 is 0. The maximum atomic E-state index is 6.68. The highest BCUT2D eigenvalue weighted by Crippen LogP contribution is 2.49. The first-order valence-corrected chi connectivity index (χ1v) is 19.4. The van der Waals surface area contributed by atoms with Crippen molar-refractivity contribution in [2.24, 2.45) is 0 Å². The molecule has 11 rings (SSSR count). The molecule has 0 N–H and O–H groups in total. The van der Waals surface area contributed by atoms with Crippen molar-refractivity contribution in [1.29, 1.82) is 0 Å². The van der Waals surface area contributed by atoms with E-state index in [0.717, 1.165) is 66.9 Å². The van der Waals surface area contributed by atoms with Crippen LogP contribution in [0, 0.1) is 0 Å². The summed E-state index contributed by atoms with van der Waals surface area (Å²) in [5.74, 6) is 0. The minimum Gasteiger partial charge on any atom is -0.455 e. The highest BCUT2D eigenvalue weighted by molar-refractivity contribution is 6.13. The van der Waals surface area contributed by atoms with Crippen LogP contribution in [0.1, 0.15) is 0 Å². The van der Waals surface area contributed by atoms with E-state index in [1.54, 1.807) is 0 Å². The zero-order valence-electron chi connectivity index (χ0n) is 31.1. The zero-order valence-corrected chi connectivity index (χ0v) is 31.1. The van der Waals surface area contributed by atoms with Crippen molar-refractivity contribution in [3.05, 3.63) is 218 Å². The van der Waals surface area contributed by atoms with E-state index in [0.29, 0.717) is 0 Å². The van der Waals surface area contributed by atoms with E-state index in [-0.39, 0.29) is 0 Å². The lowest BCUT2D eigenvalue weighted by molar-refractivity contribution is 0.670. The molecule has 3 heteroatoms. The normalized spacial score (nSPS) is 11.5. The lowest BCUT2D eigenvalue weighted by Gasteiger charge is -2.30. The number of aromatic nitrogens is 1. The molecule has 0 aliphatic heterocycles. The number of fused-ring (bicyclic) bond motifs is 6. The van der Waals surface area contributed by atoms with Crippen molar-refractivity contribution in [2.45, 2.75) is 0 Å². The molecule has 2 aromatic heterocycles. The fraction of sp³-hybridized carbons (Fsp3) is 0. The minimum atomic E-state index is 0.883. The van der Waals surface area contributed by atoms with Gasteiger partial charge in [0.1, 0.15) is 11.2 Å². The number of anilines is 3. The largest absolute Gasteiger partial charge is 0.455 e. The van der Waals surface area contributed by atoms with E-state index in [9.17, 15) is 0 Å². The molecule has 0 amide bonds. The highest BCUT2D eigenvalue weighted by Gasteiger charge is 2.24. The van der Waals surface area contributed by atoms with Crippen molar-refractivity contribution >= 4 is 60.8 Å². The molecule has 2 heterocycles. The maximum absolute atomic E-state index is 6.68. The first-order valence-electron chi connectivity index (χ1n) is 19.4. The van der Waals surface area contributed by atoms with Gasteiger partial charge in [0, 0.05) is 49.6 Å². The van der Waals surface area contributed by atoms with Crippen LogP contribution in [-0.2, 0) is 0 Å². The van der Waals surface area contributed by atoms with Crippen LogP contribution in [-0.4, -0.2) is 4.57 Å². The van der Waals surface area contributed by atoms with Gasteiger partial charge < -0.3 is 13.9 Å². The van der Waals surface area contributed by atoms with Crippen LogP contribution in [0.15, 0.2) is 223 Å². The van der Waals surface area contributed by atoms with Gasteiger partial charge >= 0.3 is 0 Å². The molecule has 0 unspecified atom stereocenters. The number of nitrogens with zero attached hydrogens (tertiary/aromatic N) is 2. The second kappa shape index (κ2) is 13.6. The molecule has 268 valence electrons. The van der Waals surface area contributed by atoms with Gasteiger partial charge in [0.2, 0.25) is 0 Å². The Kier molecular flexibility index (Phi) is 7.82. The second-order valence-corrected chi connectivity index (χ2v) is 14.5. The van der Waals surface area contributed by atoms with E-state index >= 15 is 0 Å². The molecule has 0 atom stereocenters. The summed E-state index contributed by atoms with van der Waals surface area (Å²) in [6.07, 6.45) is 0. The SMILES string of the molecule is c1ccc(-c2ccccc2-c2ccccc2N(c2ccc3c4ccccc4n(-c4ccccc4)c3c2)c2ccccc2-c2cccc3c2oc2ccccc23)cc1. The quantitative estimate of drug-likeness (QED) is 0.163. The maximum Gasteiger partial charge on any atom is 0.143 e. The van der Waals surface area contributed by atoms with Crippen LogP contribution < -0.4 is 4.90 Å². The summed E-state index contributed by atoms with van der Waals surface area (Å²) in [6, 6.07) is 78.1. The Hall–Kier alpha value is -7.62. The molecule has 3 nitrogen and oxygen atoms in total. The lowest BCUT2D eigenvalue weighted by Crippen LogP contribution is -2.13. The summed E-state index contributed by atoms with van der Waals surface area (Å²) in [5, 5.41) is 4.66. The number of hydrogen-bond acceptors (Lipinski definition) is 2. The molecule has 0 radical (unpaired) electrons. The van der Waals surface area contributed by atoms with Gasteiger partial charge in [0.25, 0.3) is 0 Å². The van der Waals surface area contributed by atoms with Gasteiger partial charge in [-0.15, -0.1) is 0 Å². The Labute approximate surface area is 330 Å². The van der Waals surface area contributed by atoms with Gasteiger partial charge in [-0.1, -0.05) is 170 Å². The van der Waals surface area contributed by atoms with Gasteiger partial charge in [-0.25, -0.2) is 0 Å². The Morgan fingerprint density at radius 2 is 0.895 bits per heavy atom. The molecular weight excluding hydrogens is 693 g/mol. The molecule has 57 heavy (non-hydrogen) atoms. The van der Waals surface area contributed by atoms with Crippen molar-refractivity contribution < 1.29 is 4.42 Å². The molecule has 0 fully saturated rings. The molecule has 9 aromatic carbocycles. The molecule has 0 saturated carbocycles. The van der Waals surface area contributed by atoms with Gasteiger partial charge in [0.15, 0.2) is 0 Å². The molecule has 0 spiro atoms. The van der Waals surface area contributed by atoms with Crippen molar-refractivity contribution in [3.63, 3.8) is 0 Å². The zero-order chi connectivity index (χ0) is 37.7. The minimum absolute atomic E-state index is 0.883. The van der Waals surface area contributed by atoms with Crippen LogP contribution in [0.25, 0.3) is 82.8 Å². The van der Waals surface area contributed by atoms with Crippen molar-refractivity contribution in [1.82, 2.24) is 4.57 Å². The standard InChI is InChI=1S/C54H36N2O/c1-3-18-37(19-4-1)40-22-7-8-23-41(40)42-24-9-13-30-49(42)56(39-34-35-45-43-25-10-14-31-50(43)55(52(45)36-39)38-20-5-2-6-21-38)51-32-15-11-26-44(51)47-28-17-29-48-46-27-12-16-33-53(46)57-54(47)48/h1-36H. The Morgan fingerprint density at radius 3 is 1.67 bits per heavy atom. The van der Waals surface area contributed by atoms with E-state index < -0.39 is 0 Å². The summed E-state index contributed by atoms with van der Waals surface area (Å²) in [7, 11) is 0. The topological polar surface area (TPSA) is 21.3 Å². The number of furan rings is 1. The van der Waals surface area contributed by atoms with Crippen molar-refractivity contribution in [3.8, 4) is 39.1 Å². The Balaban J connectivity index is 1.21. The Bertz CT molecular complexity index is 3250. The monoisotopic (exact) mass is 728 g/mol. The van der Waals surface area contributed by atoms with Gasteiger partial charge in [0.05, 0.1) is 22.4 Å². The predicted molar refractivity (Wildman–Crippen MR) is 239 cm³/mol. The average molecular weight is 729 g/mol. The van der Waals surface area contributed by atoms with E-state index in [2.05, 4.69) is 222 Å². The molecule has 0 aliphatic rings. The average Bonchev–Trinajstić information content (AvgIpc) is 3.83. The summed E-state index contributed by atoms with van der Waals surface area (Å²) in [4.78, 5) is 2.44. The fourth-order valence-electron chi connectivity index (χ4n) is 8.70. The fourth-order valence-corrected chi connectivity index (χ4v) is 8.70. The van der Waals surface area contributed by atoms with E-state index in [1.165, 1.54) is 33.0 Å². The van der Waals surface area contributed by atoms with Gasteiger partial charge in [-0.2, -0.15) is 0 Å². The number of benzene rings is 9. The van der Waals surface area contributed by atoms with Gasteiger partial charge in [-0.05, 0) is 65.2 Å². The lowest BCUT2D eigenvalue weighted by atomic mass is 9.92. The van der Waals surface area contributed by atoms with Crippen LogP contribution >= 0.6 is 0 Å². The summed E-state index contributed by atoms with van der Waals surface area (Å²) in [6.45, 7) is 0. The number of rotatable bonds is 7. The summed E-state index contributed by atoms with van der Waals surface area (Å²) in [5.41, 5.74) is 15.2. The predicted octanol–water partition coefficient (Wildman–Crippen LogP) is 15.2. The summed E-state index contributed by atoms with van der Waals surface area (Å²) < 4.78 is 9.07. The number of hydrogen-bond donors (Lipinski definition) is 0. The molecule has 0 aliphatic carbocycles. The van der Waals surface area contributed by atoms with Crippen LogP contribution in [0.3, 0.4) is 0 Å². The van der Waals surface area contributed by atoms with Crippen LogP contribution in [0.4, 0.5) is 17.1 Å². The van der Waals surface area contributed by atoms with Crippen LogP contribution in [0.2, 0.25) is 0 Å². The molecule has 0 saturated heterocycles. The third-order valence-corrected chi connectivity index (χ3v) is 11.2. The molecule has 11 aromatic rings. The first-order chi connectivity index (χ1) is 28.3. The van der Waals surface area contributed by atoms with E-state index in [1.807, 2.05) is 6.07 Å². The Morgan fingerprint density at radius 1 is 0.351 bits per heavy atom. The van der Waals surface area contributed by atoms with Crippen LogP contribution in [0.5, 0.6) is 0 Å². The van der Waals surface area contributed by atoms with E-state index in [4.69, 9.17) is 4.42 Å². The number of para-hydroxylation sites is 6. The molecular formula is C54H36N2O. The highest BCUT2D eigenvalue weighted by atomic mass is 16.3. The smallest absolute Gasteiger partial charge is 0.143 e. The van der Waals surface area contributed by atoms with Crippen molar-refractivity contribution in [2.75, 3.05) is 4.90 Å².